The predicted octanol–water partition coefficient (Wildman–Crippen LogP) is -0.296. The van der Waals surface area contributed by atoms with Crippen molar-refractivity contribution in [3.63, 3.8) is 0 Å². The quantitative estimate of drug-likeness (QED) is 0.626. The van der Waals surface area contributed by atoms with Crippen molar-refractivity contribution < 1.29 is 4.79 Å². The monoisotopic (exact) mass is 168 g/mol. The normalized spacial score (nSPS) is 9.92. The van der Waals surface area contributed by atoms with Crippen molar-refractivity contribution in [3.8, 4) is 0 Å². The van der Waals surface area contributed by atoms with Gasteiger partial charge in [-0.3, -0.25) is 9.48 Å². The van der Waals surface area contributed by atoms with E-state index in [-0.39, 0.29) is 5.91 Å². The molecule has 0 saturated heterocycles. The summed E-state index contributed by atoms with van der Waals surface area (Å²) < 4.78 is 1.47. The van der Waals surface area contributed by atoms with Crippen molar-refractivity contribution in [2.24, 2.45) is 7.05 Å². The van der Waals surface area contributed by atoms with Crippen LogP contribution in [0.5, 0.6) is 0 Å². The zero-order valence-corrected chi connectivity index (χ0v) is 7.40. The molecule has 0 aliphatic heterocycles. The molecule has 0 aromatic carbocycles. The summed E-state index contributed by atoms with van der Waals surface area (Å²) in [4.78, 5) is 12.8. The van der Waals surface area contributed by atoms with E-state index in [0.717, 1.165) is 0 Å². The summed E-state index contributed by atoms with van der Waals surface area (Å²) in [6.45, 7) is 0. The molecule has 0 fully saturated rings. The third-order valence-electron chi connectivity index (χ3n) is 1.62. The van der Waals surface area contributed by atoms with Gasteiger partial charge in [-0.1, -0.05) is 0 Å². The van der Waals surface area contributed by atoms with Gasteiger partial charge in [0, 0.05) is 21.1 Å². The van der Waals surface area contributed by atoms with Crippen molar-refractivity contribution in [3.05, 3.63) is 11.8 Å². The van der Waals surface area contributed by atoms with Gasteiger partial charge in [-0.15, -0.1) is 0 Å². The number of aromatic nitrogens is 2. The lowest BCUT2D eigenvalue weighted by Crippen LogP contribution is -2.22. The van der Waals surface area contributed by atoms with E-state index in [0.29, 0.717) is 11.4 Å². The number of nitrogen functional groups attached to an aromatic ring is 1. The number of amides is 1. The largest absolute Gasteiger partial charge is 0.383 e. The van der Waals surface area contributed by atoms with Gasteiger partial charge >= 0.3 is 0 Å². The van der Waals surface area contributed by atoms with Crippen LogP contribution < -0.4 is 5.73 Å². The molecule has 2 N–H and O–H groups in total. The maximum absolute atomic E-state index is 11.4. The number of hydrogen-bond donors (Lipinski definition) is 1. The van der Waals surface area contributed by atoms with Gasteiger partial charge in [0.1, 0.15) is 11.4 Å². The molecule has 0 saturated carbocycles. The lowest BCUT2D eigenvalue weighted by atomic mass is 10.3. The SMILES string of the molecule is CN(C)C(=O)c1cnn(C)c1N. The summed E-state index contributed by atoms with van der Waals surface area (Å²) >= 11 is 0. The fraction of sp³-hybridized carbons (Fsp3) is 0.429. The average Bonchev–Trinajstić information content (AvgIpc) is 2.32. The Morgan fingerprint density at radius 1 is 1.67 bits per heavy atom. The van der Waals surface area contributed by atoms with Crippen LogP contribution in [0, 0.1) is 0 Å². The second-order valence-corrected chi connectivity index (χ2v) is 2.77. The molecule has 0 atom stereocenters. The Morgan fingerprint density at radius 3 is 2.58 bits per heavy atom. The van der Waals surface area contributed by atoms with Crippen molar-refractivity contribution >= 4 is 11.7 Å². The number of nitrogens with zero attached hydrogens (tertiary/aromatic N) is 3. The molecule has 0 radical (unpaired) electrons. The van der Waals surface area contributed by atoms with Gasteiger partial charge in [-0.2, -0.15) is 5.10 Å². The lowest BCUT2D eigenvalue weighted by Gasteiger charge is -2.08. The number of carbonyl (C=O) groups is 1. The van der Waals surface area contributed by atoms with Crippen molar-refractivity contribution in [2.45, 2.75) is 0 Å². The second kappa shape index (κ2) is 2.84. The third-order valence-corrected chi connectivity index (χ3v) is 1.62. The van der Waals surface area contributed by atoms with E-state index in [1.54, 1.807) is 21.1 Å². The van der Waals surface area contributed by atoms with E-state index in [4.69, 9.17) is 5.73 Å². The summed E-state index contributed by atoms with van der Waals surface area (Å²) in [5.74, 6) is 0.273. The summed E-state index contributed by atoms with van der Waals surface area (Å²) in [6.07, 6.45) is 1.47. The molecular formula is C7H12N4O. The lowest BCUT2D eigenvalue weighted by molar-refractivity contribution is 0.0828. The molecule has 1 rings (SSSR count). The Morgan fingerprint density at radius 2 is 2.25 bits per heavy atom. The number of anilines is 1. The molecule has 1 aromatic rings. The van der Waals surface area contributed by atoms with Crippen LogP contribution in [0.1, 0.15) is 10.4 Å². The third kappa shape index (κ3) is 1.25. The Balaban J connectivity index is 3.04. The summed E-state index contributed by atoms with van der Waals surface area (Å²) in [5.41, 5.74) is 6.04. The van der Waals surface area contributed by atoms with E-state index >= 15 is 0 Å². The van der Waals surface area contributed by atoms with Crippen LogP contribution in [0.2, 0.25) is 0 Å². The minimum absolute atomic E-state index is 0.124. The molecule has 0 aliphatic carbocycles. The minimum Gasteiger partial charge on any atom is -0.383 e. The van der Waals surface area contributed by atoms with Gasteiger partial charge in [0.25, 0.3) is 5.91 Å². The van der Waals surface area contributed by atoms with Gasteiger partial charge in [0.15, 0.2) is 0 Å². The molecular weight excluding hydrogens is 156 g/mol. The van der Waals surface area contributed by atoms with Crippen LogP contribution in [0.25, 0.3) is 0 Å². The van der Waals surface area contributed by atoms with Crippen LogP contribution >= 0.6 is 0 Å². The highest BCUT2D eigenvalue weighted by atomic mass is 16.2. The zero-order valence-electron chi connectivity index (χ0n) is 7.40. The first-order chi connectivity index (χ1) is 5.54. The van der Waals surface area contributed by atoms with Crippen molar-refractivity contribution in [1.82, 2.24) is 14.7 Å². The maximum Gasteiger partial charge on any atom is 0.258 e. The Hall–Kier alpha value is -1.52. The predicted molar refractivity (Wildman–Crippen MR) is 45.6 cm³/mol. The number of aryl methyl sites for hydroxylation is 1. The fourth-order valence-corrected chi connectivity index (χ4v) is 0.853. The Kier molecular flexibility index (Phi) is 2.03. The summed E-state index contributed by atoms with van der Waals surface area (Å²) in [7, 11) is 5.05. The van der Waals surface area contributed by atoms with E-state index in [9.17, 15) is 4.79 Å². The van der Waals surface area contributed by atoms with Crippen LogP contribution in [0.15, 0.2) is 6.20 Å². The van der Waals surface area contributed by atoms with Crippen LogP contribution in [-0.2, 0) is 7.05 Å². The zero-order chi connectivity index (χ0) is 9.30. The fourth-order valence-electron chi connectivity index (χ4n) is 0.853. The Labute approximate surface area is 70.8 Å². The molecule has 0 unspecified atom stereocenters. The number of hydrogen-bond acceptors (Lipinski definition) is 3. The van der Waals surface area contributed by atoms with Crippen LogP contribution in [0.4, 0.5) is 5.82 Å². The van der Waals surface area contributed by atoms with Crippen LogP contribution in [0.3, 0.4) is 0 Å². The van der Waals surface area contributed by atoms with E-state index < -0.39 is 0 Å². The van der Waals surface area contributed by atoms with Gasteiger partial charge in [0.05, 0.1) is 6.20 Å². The standard InChI is InChI=1S/C7H12N4O/c1-10(2)7(12)5-4-9-11(3)6(5)8/h4H,8H2,1-3H3. The van der Waals surface area contributed by atoms with Crippen molar-refractivity contribution in [2.75, 3.05) is 19.8 Å². The molecule has 0 bridgehead atoms. The molecule has 0 aliphatic rings. The average molecular weight is 168 g/mol. The Bertz CT molecular complexity index is 302. The highest BCUT2D eigenvalue weighted by Gasteiger charge is 2.14. The van der Waals surface area contributed by atoms with Gasteiger partial charge in [0.2, 0.25) is 0 Å². The van der Waals surface area contributed by atoms with E-state index in [1.807, 2.05) is 0 Å². The maximum atomic E-state index is 11.4. The van der Waals surface area contributed by atoms with Gasteiger partial charge in [-0.05, 0) is 0 Å². The minimum atomic E-state index is -0.124. The second-order valence-electron chi connectivity index (χ2n) is 2.77. The highest BCUT2D eigenvalue weighted by molar-refractivity contribution is 5.97. The van der Waals surface area contributed by atoms with Crippen molar-refractivity contribution in [1.29, 1.82) is 0 Å². The first-order valence-electron chi connectivity index (χ1n) is 3.53. The van der Waals surface area contributed by atoms with Gasteiger partial charge in [-0.25, -0.2) is 0 Å². The molecule has 0 spiro atoms. The molecule has 1 aromatic heterocycles. The number of carbonyl (C=O) groups excluding carboxylic acids is 1. The van der Waals surface area contributed by atoms with E-state index in [1.165, 1.54) is 15.8 Å². The number of nitrogens with two attached hydrogens (primary N) is 1. The van der Waals surface area contributed by atoms with Crippen LogP contribution in [-0.4, -0.2) is 34.7 Å². The number of rotatable bonds is 1. The molecule has 12 heavy (non-hydrogen) atoms. The molecule has 1 heterocycles. The topological polar surface area (TPSA) is 64.2 Å². The smallest absolute Gasteiger partial charge is 0.258 e. The molecule has 1 amide bonds. The highest BCUT2D eigenvalue weighted by Crippen LogP contribution is 2.10. The molecule has 5 nitrogen and oxygen atoms in total. The molecule has 66 valence electrons. The first kappa shape index (κ1) is 8.58. The summed E-state index contributed by atoms with van der Waals surface area (Å²) in [5, 5.41) is 3.86. The molecule has 5 heteroatoms. The van der Waals surface area contributed by atoms with Gasteiger partial charge < -0.3 is 10.6 Å². The summed E-state index contributed by atoms with van der Waals surface area (Å²) in [6, 6.07) is 0. The first-order valence-corrected chi connectivity index (χ1v) is 3.53. The van der Waals surface area contributed by atoms with E-state index in [2.05, 4.69) is 5.10 Å².